The number of hydrogen-bond acceptors (Lipinski definition) is 2. The molecule has 0 bridgehead atoms. The Hall–Kier alpha value is -1.60. The first-order valence-corrected chi connectivity index (χ1v) is 6.31. The summed E-state index contributed by atoms with van der Waals surface area (Å²) in [6, 6.07) is 14.6. The smallest absolute Gasteiger partial charge is 0.418 e. The number of halogens is 6. The minimum absolute atomic E-state index is 0.493. The lowest BCUT2D eigenvalue weighted by atomic mass is 10.3. The van der Waals surface area contributed by atoms with Crippen molar-refractivity contribution in [2.24, 2.45) is 10.2 Å². The fourth-order valence-corrected chi connectivity index (χ4v) is 1.66. The highest BCUT2D eigenvalue weighted by molar-refractivity contribution is 6.50. The van der Waals surface area contributed by atoms with Gasteiger partial charge in [-0.05, 0) is 24.3 Å². The summed E-state index contributed by atoms with van der Waals surface area (Å²) >= 11 is 11.9. The lowest BCUT2D eigenvalue weighted by molar-refractivity contribution is 0.368. The van der Waals surface area contributed by atoms with Gasteiger partial charge in [-0.1, -0.05) is 47.5 Å². The predicted octanol–water partition coefficient (Wildman–Crippen LogP) is 6.71. The van der Waals surface area contributed by atoms with Crippen LogP contribution >= 0.6 is 23.2 Å². The Kier molecular flexibility index (Phi) is 6.65. The summed E-state index contributed by atoms with van der Waals surface area (Å²) < 4.78 is 39.0. The molecular weight excluding hydrogens is 330 g/mol. The lowest BCUT2D eigenvalue weighted by Crippen LogP contribution is -2.02. The molecule has 0 amide bonds. The van der Waals surface area contributed by atoms with Gasteiger partial charge in [0.05, 0.1) is 15.7 Å². The van der Waals surface area contributed by atoms with Crippen LogP contribution in [0.4, 0.5) is 28.6 Å². The van der Waals surface area contributed by atoms with Crippen LogP contribution in [0.1, 0.15) is 0 Å². The van der Waals surface area contributed by atoms with Crippen molar-refractivity contribution in [2.75, 3.05) is 0 Å². The second-order valence-electron chi connectivity index (χ2n) is 3.60. The summed E-state index contributed by atoms with van der Waals surface area (Å²) in [5, 5.41) is 9.08. The number of nitrogens with zero attached hydrogens (tertiary/aromatic N) is 2. The summed E-state index contributed by atoms with van der Waals surface area (Å²) in [6.07, 6.45) is 0. The Morgan fingerprint density at radius 1 is 0.714 bits per heavy atom. The summed E-state index contributed by atoms with van der Waals surface area (Å²) in [5.74, 6) is 0. The summed E-state index contributed by atoms with van der Waals surface area (Å²) in [6.45, 7) is 0. The molecule has 0 unspecified atom stereocenters. The molecule has 0 radical (unpaired) electrons. The molecule has 112 valence electrons. The monoisotopic (exact) mass is 337 g/mol. The first kappa shape index (κ1) is 17.5. The maximum absolute atomic E-state index is 9.75. The quantitative estimate of drug-likeness (QED) is 0.330. The minimum atomic E-state index is -6.00. The fourth-order valence-electron chi connectivity index (χ4n) is 1.19. The predicted molar refractivity (Wildman–Crippen MR) is 77.3 cm³/mol. The van der Waals surface area contributed by atoms with Crippen LogP contribution in [0.5, 0.6) is 0 Å². The second-order valence-corrected chi connectivity index (χ2v) is 4.42. The Morgan fingerprint density at radius 2 is 1.19 bits per heavy atom. The van der Waals surface area contributed by atoms with Gasteiger partial charge in [-0.25, -0.2) is 0 Å². The Labute approximate surface area is 128 Å². The molecule has 0 saturated carbocycles. The van der Waals surface area contributed by atoms with Crippen molar-refractivity contribution in [2.45, 2.75) is 0 Å². The lowest BCUT2D eigenvalue weighted by Gasteiger charge is -1.98. The summed E-state index contributed by atoms with van der Waals surface area (Å²) in [7, 11) is -6.00. The topological polar surface area (TPSA) is 24.7 Å². The standard InChI is InChI=1S/C12H8Cl2N2.BF4/c13-10-7-4-8-11(14)12(10)16-15-9-5-2-1-3-6-9;2-1(3,4)5/h1-8H;/q;-1. The first-order chi connectivity index (χ1) is 9.77. The van der Waals surface area contributed by atoms with Crippen LogP contribution in [0.25, 0.3) is 0 Å². The zero-order valence-corrected chi connectivity index (χ0v) is 11.9. The third kappa shape index (κ3) is 7.67. The van der Waals surface area contributed by atoms with E-state index in [1.165, 1.54) is 0 Å². The molecular formula is C12H8BCl2F4N2-. The Morgan fingerprint density at radius 3 is 1.67 bits per heavy atom. The number of rotatable bonds is 2. The molecule has 0 aliphatic heterocycles. The molecule has 2 rings (SSSR count). The highest BCUT2D eigenvalue weighted by Crippen LogP contribution is 2.33. The van der Waals surface area contributed by atoms with Crippen LogP contribution < -0.4 is 0 Å². The van der Waals surface area contributed by atoms with Crippen molar-refractivity contribution in [3.63, 3.8) is 0 Å². The molecule has 0 N–H and O–H groups in total. The van der Waals surface area contributed by atoms with Crippen molar-refractivity contribution >= 4 is 41.8 Å². The van der Waals surface area contributed by atoms with Crippen LogP contribution in [0.3, 0.4) is 0 Å². The SMILES string of the molecule is Clc1cccc(Cl)c1N=Nc1ccccc1.F[B-](F)(F)F. The first-order valence-electron chi connectivity index (χ1n) is 5.55. The van der Waals surface area contributed by atoms with Crippen molar-refractivity contribution in [3.8, 4) is 0 Å². The average Bonchev–Trinajstić information content (AvgIpc) is 2.37. The van der Waals surface area contributed by atoms with E-state index in [9.17, 15) is 17.3 Å². The van der Waals surface area contributed by atoms with Crippen LogP contribution in [-0.4, -0.2) is 7.25 Å². The van der Waals surface area contributed by atoms with E-state index in [0.717, 1.165) is 5.69 Å². The number of azo groups is 1. The van der Waals surface area contributed by atoms with Gasteiger partial charge in [0.25, 0.3) is 0 Å². The molecule has 0 atom stereocenters. The number of benzene rings is 2. The van der Waals surface area contributed by atoms with Gasteiger partial charge in [0.2, 0.25) is 0 Å². The van der Waals surface area contributed by atoms with Gasteiger partial charge in [-0.15, -0.1) is 5.11 Å². The van der Waals surface area contributed by atoms with Crippen molar-refractivity contribution in [1.29, 1.82) is 0 Å². The molecule has 0 heterocycles. The van der Waals surface area contributed by atoms with Gasteiger partial charge in [-0.3, -0.25) is 0 Å². The van der Waals surface area contributed by atoms with E-state index < -0.39 is 7.25 Å². The van der Waals surface area contributed by atoms with E-state index >= 15 is 0 Å². The molecule has 0 spiro atoms. The summed E-state index contributed by atoms with van der Waals surface area (Å²) in [5.41, 5.74) is 1.26. The average molecular weight is 338 g/mol. The third-order valence-corrected chi connectivity index (χ3v) is 2.57. The molecule has 2 aromatic carbocycles. The van der Waals surface area contributed by atoms with Gasteiger partial charge in [-0.2, -0.15) is 5.11 Å². The van der Waals surface area contributed by atoms with E-state index in [4.69, 9.17) is 23.2 Å². The molecule has 21 heavy (non-hydrogen) atoms. The van der Waals surface area contributed by atoms with E-state index in [2.05, 4.69) is 10.2 Å². The Bertz CT molecular complexity index is 580. The molecule has 0 aromatic heterocycles. The molecule has 2 aromatic rings. The molecule has 2 nitrogen and oxygen atoms in total. The van der Waals surface area contributed by atoms with Crippen LogP contribution in [0, 0.1) is 0 Å². The molecule has 0 saturated heterocycles. The van der Waals surface area contributed by atoms with Gasteiger partial charge in [0, 0.05) is 0 Å². The Balaban J connectivity index is 0.000000383. The number of hydrogen-bond donors (Lipinski definition) is 0. The zero-order chi connectivity index (χ0) is 15.9. The minimum Gasteiger partial charge on any atom is -0.418 e. The normalized spacial score (nSPS) is 11.1. The van der Waals surface area contributed by atoms with Crippen LogP contribution in [0.2, 0.25) is 10.0 Å². The van der Waals surface area contributed by atoms with E-state index in [1.54, 1.807) is 18.2 Å². The molecule has 9 heteroatoms. The fraction of sp³-hybridized carbons (Fsp3) is 0. The largest absolute Gasteiger partial charge is 0.673 e. The van der Waals surface area contributed by atoms with Gasteiger partial charge in [0.15, 0.2) is 0 Å². The maximum atomic E-state index is 9.75. The second kappa shape index (κ2) is 8.00. The van der Waals surface area contributed by atoms with Crippen molar-refractivity contribution in [1.82, 2.24) is 0 Å². The van der Waals surface area contributed by atoms with Gasteiger partial charge in [0.1, 0.15) is 5.69 Å². The molecule has 0 fully saturated rings. The van der Waals surface area contributed by atoms with Crippen LogP contribution in [0.15, 0.2) is 58.8 Å². The zero-order valence-electron chi connectivity index (χ0n) is 10.4. The molecule has 0 aliphatic rings. The summed E-state index contributed by atoms with van der Waals surface area (Å²) in [4.78, 5) is 0. The van der Waals surface area contributed by atoms with E-state index in [1.807, 2.05) is 30.3 Å². The highest BCUT2D eigenvalue weighted by Gasteiger charge is 2.20. The molecule has 0 aliphatic carbocycles. The third-order valence-electron chi connectivity index (χ3n) is 1.96. The van der Waals surface area contributed by atoms with E-state index in [0.29, 0.717) is 15.7 Å². The van der Waals surface area contributed by atoms with Crippen molar-refractivity contribution < 1.29 is 17.3 Å². The van der Waals surface area contributed by atoms with Gasteiger partial charge >= 0.3 is 7.25 Å². The highest BCUT2D eigenvalue weighted by atomic mass is 35.5. The van der Waals surface area contributed by atoms with Crippen LogP contribution in [-0.2, 0) is 0 Å². The van der Waals surface area contributed by atoms with E-state index in [-0.39, 0.29) is 0 Å². The van der Waals surface area contributed by atoms with Crippen molar-refractivity contribution in [3.05, 3.63) is 58.6 Å². The van der Waals surface area contributed by atoms with Gasteiger partial charge < -0.3 is 17.3 Å². The maximum Gasteiger partial charge on any atom is 0.673 e.